The zero-order chi connectivity index (χ0) is 55.8. The highest BCUT2D eigenvalue weighted by Crippen LogP contribution is 2.53. The molecule has 16 aromatic rings. The summed E-state index contributed by atoms with van der Waals surface area (Å²) in [5, 5.41) is 11.4. The minimum absolute atomic E-state index is 0.849. The van der Waals surface area contributed by atoms with Crippen LogP contribution >= 0.6 is 0 Å². The van der Waals surface area contributed by atoms with Gasteiger partial charge in [-0.3, -0.25) is 0 Å². The van der Waals surface area contributed by atoms with Crippen molar-refractivity contribution in [2.45, 2.75) is 26.7 Å². The zero-order valence-corrected chi connectivity index (χ0v) is 46.7. The van der Waals surface area contributed by atoms with Gasteiger partial charge in [0.2, 0.25) is 0 Å². The minimum Gasteiger partial charge on any atom is -0.454 e. The summed E-state index contributed by atoms with van der Waals surface area (Å²) in [6, 6.07) is 102. The van der Waals surface area contributed by atoms with Crippen molar-refractivity contribution in [3.05, 3.63) is 290 Å². The minimum atomic E-state index is 0.849. The monoisotopic (exact) mass is 1080 g/mol. The SMILES string of the molecule is CCc1cccc2c1oc1c(N(c3ccc(-c4ccccc4)cc3-c3ccccc3)c3ccc4ccc5c(N(c6ccc(-c7ccccc7)cc6-c6ccccc6)c6cccc7c6oc6c(CC)cccc67)ccc6ccc3c4c65)cccc12. The summed E-state index contributed by atoms with van der Waals surface area (Å²) in [5.74, 6) is 0. The lowest BCUT2D eigenvalue weighted by atomic mass is 9.90. The number of hydrogen-bond donors (Lipinski definition) is 0. The Bertz CT molecular complexity index is 4830. The van der Waals surface area contributed by atoms with E-state index in [2.05, 4.69) is 303 Å². The van der Waals surface area contributed by atoms with E-state index < -0.39 is 0 Å². The van der Waals surface area contributed by atoms with Crippen LogP contribution in [0.1, 0.15) is 25.0 Å². The first kappa shape index (κ1) is 49.2. The molecule has 398 valence electrons. The number of nitrogens with zero attached hydrogens (tertiary/aromatic N) is 2. The number of aryl methyl sites for hydroxylation is 2. The fourth-order valence-electron chi connectivity index (χ4n) is 13.4. The highest BCUT2D eigenvalue weighted by Gasteiger charge is 2.29. The first-order valence-electron chi connectivity index (χ1n) is 29.3. The van der Waals surface area contributed by atoms with Crippen molar-refractivity contribution >= 4 is 110 Å². The van der Waals surface area contributed by atoms with Crippen LogP contribution in [0.15, 0.2) is 288 Å². The molecule has 0 saturated heterocycles. The molecule has 0 spiro atoms. The van der Waals surface area contributed by atoms with E-state index in [0.717, 1.165) is 157 Å². The maximum atomic E-state index is 7.20. The predicted octanol–water partition coefficient (Wildman–Crippen LogP) is 23.1. The second-order valence-corrected chi connectivity index (χ2v) is 22.0. The normalized spacial score (nSPS) is 11.8. The molecule has 2 aromatic heterocycles. The van der Waals surface area contributed by atoms with Gasteiger partial charge in [-0.1, -0.05) is 244 Å². The van der Waals surface area contributed by atoms with E-state index in [0.29, 0.717) is 0 Å². The molecule has 0 bridgehead atoms. The number of hydrogen-bond acceptors (Lipinski definition) is 4. The Balaban J connectivity index is 0.987. The number of fused-ring (bicyclic) bond motifs is 6. The lowest BCUT2D eigenvalue weighted by Crippen LogP contribution is -2.13. The van der Waals surface area contributed by atoms with Crippen LogP contribution in [-0.4, -0.2) is 0 Å². The quantitative estimate of drug-likeness (QED) is 0.114. The second kappa shape index (κ2) is 20.1. The molecule has 0 atom stereocenters. The van der Waals surface area contributed by atoms with Gasteiger partial charge in [0.05, 0.1) is 34.1 Å². The van der Waals surface area contributed by atoms with Crippen LogP contribution in [0.25, 0.3) is 121 Å². The molecule has 0 N–H and O–H groups in total. The highest BCUT2D eigenvalue weighted by atomic mass is 16.3. The third kappa shape index (κ3) is 7.90. The third-order valence-electron chi connectivity index (χ3n) is 17.4. The highest BCUT2D eigenvalue weighted by molar-refractivity contribution is 6.29. The van der Waals surface area contributed by atoms with Crippen molar-refractivity contribution in [2.75, 3.05) is 9.80 Å². The van der Waals surface area contributed by atoms with Crippen LogP contribution in [0, 0.1) is 0 Å². The van der Waals surface area contributed by atoms with Crippen molar-refractivity contribution in [3.63, 3.8) is 0 Å². The van der Waals surface area contributed by atoms with E-state index in [1.54, 1.807) is 0 Å². The Morgan fingerprint density at radius 3 is 0.988 bits per heavy atom. The average Bonchev–Trinajstić information content (AvgIpc) is 1.10. The van der Waals surface area contributed by atoms with Gasteiger partial charge in [-0.25, -0.2) is 0 Å². The van der Waals surface area contributed by atoms with Crippen molar-refractivity contribution in [2.24, 2.45) is 0 Å². The Labute approximate surface area is 487 Å². The molecule has 0 aliphatic carbocycles. The molecule has 0 aliphatic heterocycles. The Morgan fingerprint density at radius 2 is 0.595 bits per heavy atom. The molecule has 4 nitrogen and oxygen atoms in total. The molecular weight excluding hydrogens is 1020 g/mol. The molecule has 0 saturated carbocycles. The van der Waals surface area contributed by atoms with Crippen molar-refractivity contribution in [1.82, 2.24) is 0 Å². The van der Waals surface area contributed by atoms with E-state index in [-0.39, 0.29) is 0 Å². The maximum absolute atomic E-state index is 7.20. The fraction of sp³-hybridized carbons (Fsp3) is 0.0500. The molecular formula is C80H56N2O2. The van der Waals surface area contributed by atoms with Crippen LogP contribution < -0.4 is 9.80 Å². The first-order valence-corrected chi connectivity index (χ1v) is 29.3. The summed E-state index contributed by atoms with van der Waals surface area (Å²) in [6.45, 7) is 4.41. The van der Waals surface area contributed by atoms with E-state index in [4.69, 9.17) is 8.83 Å². The van der Waals surface area contributed by atoms with Crippen molar-refractivity contribution < 1.29 is 8.83 Å². The zero-order valence-electron chi connectivity index (χ0n) is 46.7. The lowest BCUT2D eigenvalue weighted by molar-refractivity contribution is 0.663. The van der Waals surface area contributed by atoms with Gasteiger partial charge in [-0.15, -0.1) is 0 Å². The number of anilines is 6. The molecule has 84 heavy (non-hydrogen) atoms. The number of para-hydroxylation sites is 4. The van der Waals surface area contributed by atoms with Gasteiger partial charge in [0.15, 0.2) is 11.2 Å². The Morgan fingerprint density at radius 1 is 0.250 bits per heavy atom. The van der Waals surface area contributed by atoms with Gasteiger partial charge >= 0.3 is 0 Å². The Hall–Kier alpha value is -10.7. The van der Waals surface area contributed by atoms with Gasteiger partial charge in [-0.05, 0) is 127 Å². The van der Waals surface area contributed by atoms with E-state index in [1.165, 1.54) is 21.9 Å². The molecule has 0 radical (unpaired) electrons. The van der Waals surface area contributed by atoms with Gasteiger partial charge < -0.3 is 18.6 Å². The fourth-order valence-corrected chi connectivity index (χ4v) is 13.4. The molecule has 0 amide bonds. The van der Waals surface area contributed by atoms with Gasteiger partial charge in [0.25, 0.3) is 0 Å². The third-order valence-corrected chi connectivity index (χ3v) is 17.4. The molecule has 0 fully saturated rings. The van der Waals surface area contributed by atoms with Gasteiger partial charge in [-0.2, -0.15) is 0 Å². The van der Waals surface area contributed by atoms with Gasteiger partial charge in [0.1, 0.15) is 11.2 Å². The summed E-state index contributed by atoms with van der Waals surface area (Å²) >= 11 is 0. The van der Waals surface area contributed by atoms with Crippen molar-refractivity contribution in [3.8, 4) is 44.5 Å². The Kier molecular flexibility index (Phi) is 11.8. The summed E-state index contributed by atoms with van der Waals surface area (Å²) in [5.41, 5.74) is 21.2. The summed E-state index contributed by atoms with van der Waals surface area (Å²) in [7, 11) is 0. The van der Waals surface area contributed by atoms with Crippen LogP contribution in [0.2, 0.25) is 0 Å². The number of furan rings is 2. The molecule has 0 aliphatic rings. The van der Waals surface area contributed by atoms with Crippen molar-refractivity contribution in [1.29, 1.82) is 0 Å². The molecule has 0 unspecified atom stereocenters. The first-order chi connectivity index (χ1) is 41.6. The topological polar surface area (TPSA) is 32.8 Å². The molecule has 2 heterocycles. The van der Waals surface area contributed by atoms with Gasteiger partial charge in [0, 0.05) is 43.4 Å². The largest absolute Gasteiger partial charge is 0.454 e. The van der Waals surface area contributed by atoms with E-state index in [9.17, 15) is 0 Å². The van der Waals surface area contributed by atoms with Crippen LogP contribution in [0.3, 0.4) is 0 Å². The maximum Gasteiger partial charge on any atom is 0.159 e. The summed E-state index contributed by atoms with van der Waals surface area (Å²) in [4.78, 5) is 4.94. The standard InChI is InChI=1S/C80H56N2O2/c1-3-51-29-17-31-61-63-33-19-35-73(79(63)83-77(51)61)81(71-47-41-59(53-21-9-5-10-22-53)49-67(71)55-25-13-7-14-26-55)69-45-39-57-38-44-66-70(46-40-58-37-43-65(69)75(57)76(58)66)82(74-36-20-34-64-62-32-18-30-52(4-2)78(62)84-80(64)74)72-48-42-60(54-23-11-6-12-24-54)50-68(72)56-27-15-8-16-28-56/h5-50H,3-4H2,1-2H3. The summed E-state index contributed by atoms with van der Waals surface area (Å²) < 4.78 is 14.4. The molecule has 4 heteroatoms. The summed E-state index contributed by atoms with van der Waals surface area (Å²) in [6.07, 6.45) is 1.73. The van der Waals surface area contributed by atoms with E-state index in [1.807, 2.05) is 0 Å². The van der Waals surface area contributed by atoms with Crippen LogP contribution in [0.4, 0.5) is 34.1 Å². The van der Waals surface area contributed by atoms with Crippen LogP contribution in [0.5, 0.6) is 0 Å². The second-order valence-electron chi connectivity index (χ2n) is 22.0. The van der Waals surface area contributed by atoms with Crippen LogP contribution in [-0.2, 0) is 12.8 Å². The van der Waals surface area contributed by atoms with E-state index >= 15 is 0 Å². The average molecular weight is 1080 g/mol. The smallest absolute Gasteiger partial charge is 0.159 e. The molecule has 14 aromatic carbocycles. The number of benzene rings is 14. The number of rotatable bonds is 12. The molecule has 16 rings (SSSR count). The predicted molar refractivity (Wildman–Crippen MR) is 355 cm³/mol. The lowest BCUT2D eigenvalue weighted by Gasteiger charge is -2.31.